The molecule has 0 aromatic rings. The molecule has 0 aliphatic heterocycles. The van der Waals surface area contributed by atoms with Crippen molar-refractivity contribution < 1.29 is 0 Å². The normalized spacial score (nSPS) is 45.6. The minimum Gasteiger partial charge on any atom is -0.314 e. The van der Waals surface area contributed by atoms with Crippen molar-refractivity contribution in [2.24, 2.45) is 22.7 Å². The van der Waals surface area contributed by atoms with Gasteiger partial charge in [0.15, 0.2) is 0 Å². The quantitative estimate of drug-likeness (QED) is 0.728. The lowest BCUT2D eigenvalue weighted by Crippen LogP contribution is -2.58. The fourth-order valence-corrected chi connectivity index (χ4v) is 6.49. The van der Waals surface area contributed by atoms with Gasteiger partial charge in [-0.25, -0.2) is 0 Å². The van der Waals surface area contributed by atoms with Crippen molar-refractivity contribution in [2.75, 3.05) is 6.54 Å². The van der Waals surface area contributed by atoms with Crippen LogP contribution in [0.4, 0.5) is 0 Å². The van der Waals surface area contributed by atoms with Crippen molar-refractivity contribution in [2.45, 2.75) is 84.6 Å². The average Bonchev–Trinajstić information content (AvgIpc) is 2.31. The zero-order valence-electron chi connectivity index (χ0n) is 13.3. The number of unbranched alkanes of at least 4 members (excludes halogenated alkanes) is 1. The van der Waals surface area contributed by atoms with E-state index in [1.807, 2.05) is 0 Å². The van der Waals surface area contributed by atoms with E-state index in [1.54, 1.807) is 19.3 Å². The van der Waals surface area contributed by atoms with E-state index in [-0.39, 0.29) is 0 Å². The van der Waals surface area contributed by atoms with E-state index in [0.29, 0.717) is 10.8 Å². The van der Waals surface area contributed by atoms with Gasteiger partial charge in [-0.15, -0.1) is 0 Å². The molecule has 1 heteroatoms. The Kier molecular flexibility index (Phi) is 3.71. The Morgan fingerprint density at radius 1 is 1.11 bits per heavy atom. The van der Waals surface area contributed by atoms with Crippen LogP contribution in [0.3, 0.4) is 0 Å². The summed E-state index contributed by atoms with van der Waals surface area (Å²) in [6, 6.07) is 0.808. The predicted molar refractivity (Wildman–Crippen MR) is 82.2 cm³/mol. The van der Waals surface area contributed by atoms with E-state index in [4.69, 9.17) is 0 Å². The molecule has 4 aliphatic rings. The van der Waals surface area contributed by atoms with Crippen LogP contribution in [0.5, 0.6) is 0 Å². The van der Waals surface area contributed by atoms with Crippen LogP contribution >= 0.6 is 0 Å². The molecule has 4 bridgehead atoms. The van der Waals surface area contributed by atoms with Gasteiger partial charge in [0.1, 0.15) is 0 Å². The van der Waals surface area contributed by atoms with Gasteiger partial charge in [-0.1, -0.05) is 33.6 Å². The summed E-state index contributed by atoms with van der Waals surface area (Å²) in [4.78, 5) is 0. The molecule has 0 aromatic heterocycles. The number of hydrogen-bond acceptors (Lipinski definition) is 1. The van der Waals surface area contributed by atoms with Gasteiger partial charge in [0.2, 0.25) is 0 Å². The van der Waals surface area contributed by atoms with Gasteiger partial charge in [0.05, 0.1) is 0 Å². The van der Waals surface area contributed by atoms with Crippen molar-refractivity contribution in [3.05, 3.63) is 0 Å². The molecular formula is C18H33N. The fourth-order valence-electron chi connectivity index (χ4n) is 6.49. The molecule has 3 unspecified atom stereocenters. The highest BCUT2D eigenvalue weighted by atomic mass is 14.9. The van der Waals surface area contributed by atoms with Crippen LogP contribution in [-0.4, -0.2) is 12.6 Å². The summed E-state index contributed by atoms with van der Waals surface area (Å²) in [6.07, 6.45) is 13.4. The standard InChI is InChI=1S/C18H33N/c1-4-6-7-16(19-5-2)18-11-14-8-15(12-18)10-17(3,9-14)13-18/h14-16,19H,4-13H2,1-3H3. The lowest BCUT2D eigenvalue weighted by molar-refractivity contribution is -0.119. The van der Waals surface area contributed by atoms with Gasteiger partial charge in [0, 0.05) is 6.04 Å². The molecule has 0 amide bonds. The molecule has 4 saturated carbocycles. The molecule has 1 N–H and O–H groups in total. The van der Waals surface area contributed by atoms with Crippen LogP contribution in [0.2, 0.25) is 0 Å². The van der Waals surface area contributed by atoms with E-state index in [2.05, 4.69) is 26.1 Å². The van der Waals surface area contributed by atoms with E-state index in [0.717, 1.165) is 24.4 Å². The maximum atomic E-state index is 3.89. The maximum absolute atomic E-state index is 3.89. The zero-order valence-corrected chi connectivity index (χ0v) is 13.3. The summed E-state index contributed by atoms with van der Waals surface area (Å²) in [5.41, 5.74) is 1.37. The van der Waals surface area contributed by atoms with Gasteiger partial charge < -0.3 is 5.32 Å². The number of rotatable bonds is 6. The van der Waals surface area contributed by atoms with Crippen LogP contribution in [0.15, 0.2) is 0 Å². The second-order valence-electron chi connectivity index (χ2n) is 8.39. The summed E-state index contributed by atoms with van der Waals surface area (Å²) < 4.78 is 0. The molecule has 1 nitrogen and oxygen atoms in total. The molecule has 4 aliphatic carbocycles. The van der Waals surface area contributed by atoms with Crippen molar-refractivity contribution >= 4 is 0 Å². The van der Waals surface area contributed by atoms with Crippen LogP contribution in [0.25, 0.3) is 0 Å². The SMILES string of the molecule is CCCCC(NCC)C12CC3CC(CC(C)(C3)C1)C2. The minimum atomic E-state index is 0.671. The molecule has 4 fully saturated rings. The third kappa shape index (κ3) is 2.48. The summed E-state index contributed by atoms with van der Waals surface area (Å²) in [7, 11) is 0. The molecule has 19 heavy (non-hydrogen) atoms. The minimum absolute atomic E-state index is 0.671. The largest absolute Gasteiger partial charge is 0.314 e. The van der Waals surface area contributed by atoms with Crippen molar-refractivity contribution in [1.29, 1.82) is 0 Å². The van der Waals surface area contributed by atoms with Gasteiger partial charge in [-0.2, -0.15) is 0 Å². The molecular weight excluding hydrogens is 230 g/mol. The maximum Gasteiger partial charge on any atom is 0.0124 e. The van der Waals surface area contributed by atoms with Gasteiger partial charge in [-0.05, 0) is 74.2 Å². The van der Waals surface area contributed by atoms with Crippen LogP contribution in [0.1, 0.15) is 78.6 Å². The first-order chi connectivity index (χ1) is 9.09. The highest BCUT2D eigenvalue weighted by Gasteiger charge is 2.57. The monoisotopic (exact) mass is 263 g/mol. The Morgan fingerprint density at radius 3 is 2.32 bits per heavy atom. The zero-order chi connectivity index (χ0) is 13.5. The third-order valence-corrected chi connectivity index (χ3v) is 6.43. The highest BCUT2D eigenvalue weighted by molar-refractivity contribution is 5.09. The molecule has 4 rings (SSSR count). The van der Waals surface area contributed by atoms with E-state index in [9.17, 15) is 0 Å². The van der Waals surface area contributed by atoms with E-state index >= 15 is 0 Å². The topological polar surface area (TPSA) is 12.0 Å². The van der Waals surface area contributed by atoms with E-state index in [1.165, 1.54) is 38.5 Å². The summed E-state index contributed by atoms with van der Waals surface area (Å²) >= 11 is 0. The molecule has 0 radical (unpaired) electrons. The Labute approximate surface area is 119 Å². The number of hydrogen-bond donors (Lipinski definition) is 1. The molecule has 110 valence electrons. The van der Waals surface area contributed by atoms with Gasteiger partial charge in [-0.3, -0.25) is 0 Å². The van der Waals surface area contributed by atoms with Crippen molar-refractivity contribution in [1.82, 2.24) is 5.32 Å². The highest BCUT2D eigenvalue weighted by Crippen LogP contribution is 2.66. The Bertz CT molecular complexity index is 308. The predicted octanol–water partition coefficient (Wildman–Crippen LogP) is 4.76. The lowest BCUT2D eigenvalue weighted by atomic mass is 9.43. The number of nitrogens with one attached hydrogen (secondary N) is 1. The molecule has 0 spiro atoms. The Morgan fingerprint density at radius 2 is 1.79 bits per heavy atom. The summed E-state index contributed by atoms with van der Waals surface area (Å²) in [5, 5.41) is 3.89. The average molecular weight is 263 g/mol. The van der Waals surface area contributed by atoms with Crippen molar-refractivity contribution in [3.8, 4) is 0 Å². The first-order valence-electron chi connectivity index (χ1n) is 8.82. The van der Waals surface area contributed by atoms with Crippen LogP contribution < -0.4 is 5.32 Å². The smallest absolute Gasteiger partial charge is 0.0124 e. The lowest BCUT2D eigenvalue weighted by Gasteiger charge is -2.63. The Hall–Kier alpha value is -0.0400. The summed E-state index contributed by atoms with van der Waals surface area (Å²) in [6.45, 7) is 8.38. The first-order valence-corrected chi connectivity index (χ1v) is 8.82. The third-order valence-electron chi connectivity index (χ3n) is 6.43. The summed E-state index contributed by atoms with van der Waals surface area (Å²) in [5.74, 6) is 2.13. The van der Waals surface area contributed by atoms with Gasteiger partial charge >= 0.3 is 0 Å². The molecule has 0 aromatic carbocycles. The van der Waals surface area contributed by atoms with Crippen LogP contribution in [-0.2, 0) is 0 Å². The molecule has 0 saturated heterocycles. The fraction of sp³-hybridized carbons (Fsp3) is 1.00. The Balaban J connectivity index is 1.80. The second-order valence-corrected chi connectivity index (χ2v) is 8.39. The second kappa shape index (κ2) is 5.06. The van der Waals surface area contributed by atoms with Gasteiger partial charge in [0.25, 0.3) is 0 Å². The van der Waals surface area contributed by atoms with Crippen molar-refractivity contribution in [3.63, 3.8) is 0 Å². The molecule has 3 atom stereocenters. The molecule has 0 heterocycles. The van der Waals surface area contributed by atoms with Crippen LogP contribution in [0, 0.1) is 22.7 Å². The first kappa shape index (κ1) is 13.9. The van der Waals surface area contributed by atoms with E-state index < -0.39 is 0 Å².